The number of sulfone groups is 1. The smallest absolute Gasteiger partial charge is 0.337 e. The number of rotatable bonds is 1. The molecule has 0 saturated heterocycles. The van der Waals surface area contributed by atoms with Gasteiger partial charge in [-0.15, -0.1) is 0 Å². The molecule has 0 amide bonds. The first kappa shape index (κ1) is 11.9. The number of hydrogen-bond acceptors (Lipinski definition) is 5. The van der Waals surface area contributed by atoms with Gasteiger partial charge in [-0.05, 0) is 24.6 Å². The van der Waals surface area contributed by atoms with Crippen molar-refractivity contribution < 1.29 is 22.7 Å². The van der Waals surface area contributed by atoms with Crippen molar-refractivity contribution in [2.45, 2.75) is 11.3 Å². The summed E-state index contributed by atoms with van der Waals surface area (Å²) in [5.74, 6) is -0.229. The summed E-state index contributed by atoms with van der Waals surface area (Å²) in [7, 11) is -2.13. The fourth-order valence-electron chi connectivity index (χ4n) is 1.66. The van der Waals surface area contributed by atoms with Crippen molar-refractivity contribution in [2.75, 3.05) is 19.5 Å². The van der Waals surface area contributed by atoms with Crippen LogP contribution in [0.15, 0.2) is 23.1 Å². The molecule has 6 heteroatoms. The van der Waals surface area contributed by atoms with E-state index in [0.717, 1.165) is 0 Å². The lowest BCUT2D eigenvalue weighted by molar-refractivity contribution is 0.0600. The molecule has 1 aliphatic rings. The maximum Gasteiger partial charge on any atom is 0.337 e. The normalized spacial score (nSPS) is 17.5. The van der Waals surface area contributed by atoms with Gasteiger partial charge in [-0.2, -0.15) is 0 Å². The Balaban J connectivity index is 2.56. The van der Waals surface area contributed by atoms with Crippen LogP contribution in [0.4, 0.5) is 0 Å². The third-order valence-corrected chi connectivity index (χ3v) is 4.33. The van der Waals surface area contributed by atoms with E-state index in [2.05, 4.69) is 4.74 Å². The summed E-state index contributed by atoms with van der Waals surface area (Å²) in [5.41, 5.74) is 0.209. The largest absolute Gasteiger partial charge is 0.492 e. The molecule has 1 aromatic carbocycles. The second kappa shape index (κ2) is 4.37. The van der Waals surface area contributed by atoms with Crippen LogP contribution in [0.2, 0.25) is 0 Å². The average Bonchev–Trinajstić information content (AvgIpc) is 2.47. The number of ether oxygens (including phenoxy) is 2. The van der Waals surface area contributed by atoms with Crippen molar-refractivity contribution in [3.05, 3.63) is 23.8 Å². The van der Waals surface area contributed by atoms with Crippen LogP contribution in [0, 0.1) is 0 Å². The summed E-state index contributed by atoms with van der Waals surface area (Å²) in [6.07, 6.45) is 0.449. The van der Waals surface area contributed by atoms with Gasteiger partial charge in [-0.25, -0.2) is 13.2 Å². The number of benzene rings is 1. The number of methoxy groups -OCH3 is 1. The minimum absolute atomic E-state index is 0.0324. The van der Waals surface area contributed by atoms with Gasteiger partial charge in [0.1, 0.15) is 10.6 Å². The molecule has 0 N–H and O–H groups in total. The maximum atomic E-state index is 11.9. The van der Waals surface area contributed by atoms with Crippen molar-refractivity contribution in [1.29, 1.82) is 0 Å². The topological polar surface area (TPSA) is 69.7 Å². The first-order valence-corrected chi connectivity index (χ1v) is 6.78. The van der Waals surface area contributed by atoms with E-state index in [-0.39, 0.29) is 16.2 Å². The van der Waals surface area contributed by atoms with Gasteiger partial charge in [0.05, 0.1) is 25.0 Å². The number of esters is 1. The minimum atomic E-state index is -3.38. The molecular weight excluding hydrogens is 244 g/mol. The van der Waals surface area contributed by atoms with Crippen molar-refractivity contribution in [1.82, 2.24) is 0 Å². The second-order valence-corrected chi connectivity index (χ2v) is 5.75. The molecule has 0 saturated carbocycles. The van der Waals surface area contributed by atoms with Gasteiger partial charge in [0, 0.05) is 0 Å². The Morgan fingerprint density at radius 2 is 2.18 bits per heavy atom. The van der Waals surface area contributed by atoms with Crippen LogP contribution in [0.1, 0.15) is 16.8 Å². The lowest BCUT2D eigenvalue weighted by Crippen LogP contribution is -2.07. The molecular formula is C11H12O5S. The zero-order valence-electron chi connectivity index (χ0n) is 9.30. The van der Waals surface area contributed by atoms with Gasteiger partial charge in [0.2, 0.25) is 0 Å². The van der Waals surface area contributed by atoms with Crippen LogP contribution in [0.25, 0.3) is 0 Å². The lowest BCUT2D eigenvalue weighted by Gasteiger charge is -2.07. The molecule has 92 valence electrons. The highest BCUT2D eigenvalue weighted by Crippen LogP contribution is 2.29. The van der Waals surface area contributed by atoms with Crippen LogP contribution in [-0.4, -0.2) is 33.9 Å². The molecule has 1 heterocycles. The van der Waals surface area contributed by atoms with Crippen LogP contribution in [-0.2, 0) is 14.6 Å². The highest BCUT2D eigenvalue weighted by atomic mass is 32.2. The molecule has 0 aromatic heterocycles. The van der Waals surface area contributed by atoms with Crippen molar-refractivity contribution >= 4 is 15.8 Å². The van der Waals surface area contributed by atoms with Gasteiger partial charge < -0.3 is 9.47 Å². The lowest BCUT2D eigenvalue weighted by atomic mass is 10.2. The molecule has 0 unspecified atom stereocenters. The van der Waals surface area contributed by atoms with Gasteiger partial charge in [0.15, 0.2) is 9.84 Å². The zero-order chi connectivity index (χ0) is 12.5. The molecule has 0 bridgehead atoms. The number of hydrogen-bond donors (Lipinski definition) is 0. The predicted molar refractivity (Wildman–Crippen MR) is 59.9 cm³/mol. The molecule has 17 heavy (non-hydrogen) atoms. The first-order valence-electron chi connectivity index (χ1n) is 5.12. The van der Waals surface area contributed by atoms with E-state index in [4.69, 9.17) is 4.74 Å². The molecule has 5 nitrogen and oxygen atoms in total. The minimum Gasteiger partial charge on any atom is -0.492 e. The van der Waals surface area contributed by atoms with Crippen molar-refractivity contribution in [2.24, 2.45) is 0 Å². The monoisotopic (exact) mass is 256 g/mol. The zero-order valence-corrected chi connectivity index (χ0v) is 10.1. The van der Waals surface area contributed by atoms with Gasteiger partial charge in [-0.1, -0.05) is 0 Å². The summed E-state index contributed by atoms with van der Waals surface area (Å²) in [6.45, 7) is 0.365. The summed E-state index contributed by atoms with van der Waals surface area (Å²) in [4.78, 5) is 11.4. The molecule has 1 aliphatic heterocycles. The third-order valence-electron chi connectivity index (χ3n) is 2.51. The summed E-state index contributed by atoms with van der Waals surface area (Å²) < 4.78 is 33.7. The number of fused-ring (bicyclic) bond motifs is 1. The molecule has 0 spiro atoms. The molecule has 1 aromatic rings. The molecule has 0 aliphatic carbocycles. The Labute approximate surface area is 99.3 Å². The highest BCUT2D eigenvalue weighted by Gasteiger charge is 2.24. The van der Waals surface area contributed by atoms with Crippen molar-refractivity contribution in [3.63, 3.8) is 0 Å². The van der Waals surface area contributed by atoms with Crippen LogP contribution >= 0.6 is 0 Å². The Kier molecular flexibility index (Phi) is 3.06. The fourth-order valence-corrected chi connectivity index (χ4v) is 3.11. The predicted octanol–water partition coefficient (Wildman–Crippen LogP) is 1.03. The Hall–Kier alpha value is -1.56. The quantitative estimate of drug-likeness (QED) is 0.702. The highest BCUT2D eigenvalue weighted by molar-refractivity contribution is 7.91. The Morgan fingerprint density at radius 1 is 1.41 bits per heavy atom. The van der Waals surface area contributed by atoms with E-state index in [9.17, 15) is 13.2 Å². The standard InChI is InChI=1S/C11H12O5S/c1-15-11(12)8-3-4-9-10(7-8)17(13,14)6-2-5-16-9/h3-4,7H,2,5-6H2,1H3. The molecule has 2 rings (SSSR count). The third kappa shape index (κ3) is 2.26. The summed E-state index contributed by atoms with van der Waals surface area (Å²) >= 11 is 0. The van der Waals surface area contributed by atoms with E-state index in [1.165, 1.54) is 25.3 Å². The number of carbonyl (C=O) groups excluding carboxylic acids is 1. The Morgan fingerprint density at radius 3 is 2.88 bits per heavy atom. The molecule has 0 atom stereocenters. The van der Waals surface area contributed by atoms with E-state index in [1.807, 2.05) is 0 Å². The Bertz CT molecular complexity index is 547. The van der Waals surface area contributed by atoms with Crippen molar-refractivity contribution in [3.8, 4) is 5.75 Å². The summed E-state index contributed by atoms with van der Waals surface area (Å²) in [6, 6.07) is 4.29. The SMILES string of the molecule is COC(=O)c1ccc2c(c1)S(=O)(=O)CCCO2. The second-order valence-electron chi connectivity index (χ2n) is 3.67. The van der Waals surface area contributed by atoms with E-state index in [0.29, 0.717) is 18.8 Å². The summed E-state index contributed by atoms with van der Waals surface area (Å²) in [5, 5.41) is 0. The van der Waals surface area contributed by atoms with Crippen LogP contribution < -0.4 is 4.74 Å². The van der Waals surface area contributed by atoms with E-state index < -0.39 is 15.8 Å². The first-order chi connectivity index (χ1) is 8.04. The van der Waals surface area contributed by atoms with Crippen LogP contribution in [0.3, 0.4) is 0 Å². The molecule has 0 fully saturated rings. The van der Waals surface area contributed by atoms with Gasteiger partial charge >= 0.3 is 5.97 Å². The van der Waals surface area contributed by atoms with Gasteiger partial charge in [0.25, 0.3) is 0 Å². The maximum absolute atomic E-state index is 11.9. The fraction of sp³-hybridized carbons (Fsp3) is 0.364. The van der Waals surface area contributed by atoms with E-state index >= 15 is 0 Å². The molecule has 0 radical (unpaired) electrons. The average molecular weight is 256 g/mol. The number of carbonyl (C=O) groups is 1. The van der Waals surface area contributed by atoms with E-state index in [1.54, 1.807) is 0 Å². The van der Waals surface area contributed by atoms with Crippen LogP contribution in [0.5, 0.6) is 5.75 Å². The van der Waals surface area contributed by atoms with Gasteiger partial charge in [-0.3, -0.25) is 0 Å².